The number of ether oxygens (including phenoxy) is 1. The Morgan fingerprint density at radius 1 is 1.07 bits per heavy atom. The molecule has 1 aromatic carbocycles. The lowest BCUT2D eigenvalue weighted by molar-refractivity contribution is -0.0511. The van der Waals surface area contributed by atoms with E-state index in [0.29, 0.717) is 37.6 Å². The van der Waals surface area contributed by atoms with Crippen LogP contribution in [0.15, 0.2) is 24.8 Å². The number of fused-ring (bicyclic) bond motifs is 1. The highest BCUT2D eigenvalue weighted by molar-refractivity contribution is 6.44. The number of aromatic nitrogens is 4. The van der Waals surface area contributed by atoms with Crippen LogP contribution in [0, 0.1) is 0 Å². The van der Waals surface area contributed by atoms with Crippen LogP contribution in [-0.4, -0.2) is 59.8 Å². The lowest BCUT2D eigenvalue weighted by Gasteiger charge is -2.16. The van der Waals surface area contributed by atoms with Gasteiger partial charge in [-0.25, -0.2) is 15.0 Å². The van der Waals surface area contributed by atoms with Gasteiger partial charge in [-0.15, -0.1) is 0 Å². The van der Waals surface area contributed by atoms with Gasteiger partial charge in [-0.2, -0.15) is 0 Å². The van der Waals surface area contributed by atoms with Crippen molar-refractivity contribution >= 4 is 51.8 Å². The molecule has 0 bridgehead atoms. The maximum atomic E-state index is 10.3. The highest BCUT2D eigenvalue weighted by Gasteiger charge is 2.44. The molecule has 154 valence electrons. The number of rotatable bonds is 5. The highest BCUT2D eigenvalue weighted by Crippen LogP contribution is 2.34. The van der Waals surface area contributed by atoms with Crippen LogP contribution in [-0.2, 0) is 11.3 Å². The minimum atomic E-state index is -1.25. The van der Waals surface area contributed by atoms with E-state index in [1.807, 2.05) is 0 Å². The molecule has 29 heavy (non-hydrogen) atoms. The summed E-state index contributed by atoms with van der Waals surface area (Å²) in [5.74, 6) is 0.410. The fourth-order valence-corrected chi connectivity index (χ4v) is 3.86. The molecule has 0 aliphatic carbocycles. The molecule has 2 aromatic heterocycles. The number of benzene rings is 1. The van der Waals surface area contributed by atoms with E-state index in [2.05, 4.69) is 20.3 Å². The van der Waals surface area contributed by atoms with Crippen LogP contribution in [0.3, 0.4) is 0 Å². The molecule has 1 aliphatic rings. The molecule has 0 radical (unpaired) electrons. The predicted octanol–water partition coefficient (Wildman–Crippen LogP) is 2.01. The molecule has 4 rings (SSSR count). The Balaban J connectivity index is 1.63. The number of hydrogen-bond donors (Lipinski definition) is 4. The molecule has 3 heterocycles. The number of hydrogen-bond acceptors (Lipinski definition) is 8. The fourth-order valence-electron chi connectivity index (χ4n) is 3.18. The van der Waals surface area contributed by atoms with Gasteiger partial charge in [-0.3, -0.25) is 4.57 Å². The van der Waals surface area contributed by atoms with Crippen molar-refractivity contribution in [2.75, 3.05) is 11.9 Å². The maximum Gasteiger partial charge on any atom is 0.167 e. The third-order valence-corrected chi connectivity index (χ3v) is 5.92. The third kappa shape index (κ3) is 3.64. The van der Waals surface area contributed by atoms with Gasteiger partial charge in [-0.1, -0.05) is 34.8 Å². The molecule has 0 amide bonds. The molecule has 9 nitrogen and oxygen atoms in total. The van der Waals surface area contributed by atoms with Gasteiger partial charge < -0.3 is 25.4 Å². The fraction of sp³-hybridized carbons (Fsp3) is 0.353. The Kier molecular flexibility index (Phi) is 5.80. The second-order valence-electron chi connectivity index (χ2n) is 6.45. The normalized spacial score (nSPS) is 24.3. The highest BCUT2D eigenvalue weighted by atomic mass is 35.5. The zero-order valence-corrected chi connectivity index (χ0v) is 17.0. The summed E-state index contributed by atoms with van der Waals surface area (Å²) >= 11 is 18.5. The quantitative estimate of drug-likeness (QED) is 0.426. The molecule has 1 fully saturated rings. The lowest BCUT2D eigenvalue weighted by Crippen LogP contribution is -2.33. The molecular formula is C17H16Cl3N5O4. The van der Waals surface area contributed by atoms with Crippen LogP contribution >= 0.6 is 34.8 Å². The lowest BCUT2D eigenvalue weighted by atomic mass is 10.1. The molecule has 3 aromatic rings. The second-order valence-corrected chi connectivity index (χ2v) is 7.64. The Morgan fingerprint density at radius 2 is 1.83 bits per heavy atom. The van der Waals surface area contributed by atoms with E-state index in [0.717, 1.165) is 0 Å². The van der Waals surface area contributed by atoms with Gasteiger partial charge in [0.25, 0.3) is 0 Å². The Hall–Kier alpha value is -1.72. The van der Waals surface area contributed by atoms with Crippen LogP contribution in [0.5, 0.6) is 0 Å². The molecule has 1 aliphatic heterocycles. The number of nitrogens with zero attached hydrogens (tertiary/aromatic N) is 4. The van der Waals surface area contributed by atoms with Crippen LogP contribution in [0.2, 0.25) is 15.1 Å². The van der Waals surface area contributed by atoms with E-state index in [4.69, 9.17) is 39.5 Å². The van der Waals surface area contributed by atoms with Crippen LogP contribution < -0.4 is 5.32 Å². The number of imidazole rings is 1. The van der Waals surface area contributed by atoms with Crippen molar-refractivity contribution in [3.63, 3.8) is 0 Å². The van der Waals surface area contributed by atoms with Gasteiger partial charge in [0, 0.05) is 17.1 Å². The van der Waals surface area contributed by atoms with Crippen LogP contribution in [0.4, 0.5) is 5.82 Å². The summed E-state index contributed by atoms with van der Waals surface area (Å²) < 4.78 is 7.02. The molecule has 1 saturated heterocycles. The standard InChI is InChI=1S/C17H16Cl3N5O4/c18-8-1-2-9(19)11(20)7(8)3-21-15-12-16(23-5-22-15)25(6-24-12)17-14(28)13(27)10(4-26)29-17/h1-2,5-6,10,13-14,17,26-28H,3-4H2,(H,21,22,23)/t10-,13-,14-,17-/m1/s1. The number of halogens is 3. The smallest absolute Gasteiger partial charge is 0.167 e. The first kappa shape index (κ1) is 20.5. The number of aliphatic hydroxyl groups is 3. The molecule has 0 spiro atoms. The average Bonchev–Trinajstić information content (AvgIpc) is 3.26. The van der Waals surface area contributed by atoms with Crippen molar-refractivity contribution in [3.05, 3.63) is 45.4 Å². The van der Waals surface area contributed by atoms with Crippen molar-refractivity contribution in [3.8, 4) is 0 Å². The first-order valence-electron chi connectivity index (χ1n) is 8.58. The monoisotopic (exact) mass is 459 g/mol. The van der Waals surface area contributed by atoms with Crippen LogP contribution in [0.25, 0.3) is 11.2 Å². The topological polar surface area (TPSA) is 126 Å². The third-order valence-electron chi connectivity index (χ3n) is 4.72. The zero-order chi connectivity index (χ0) is 20.7. The SMILES string of the molecule is OC[C@H]1O[C@@H](n2cnc3c(NCc4c(Cl)ccc(Cl)c4Cl)ncnc32)[C@H](O)[C@@H]1O. The van der Waals surface area contributed by atoms with Crippen molar-refractivity contribution in [1.82, 2.24) is 19.5 Å². The molecule has 4 N–H and O–H groups in total. The van der Waals surface area contributed by atoms with E-state index >= 15 is 0 Å². The molecular weight excluding hydrogens is 445 g/mol. The predicted molar refractivity (Wildman–Crippen MR) is 107 cm³/mol. The van der Waals surface area contributed by atoms with Crippen molar-refractivity contribution < 1.29 is 20.1 Å². The van der Waals surface area contributed by atoms with Crippen molar-refractivity contribution in [1.29, 1.82) is 0 Å². The second kappa shape index (κ2) is 8.19. The van der Waals surface area contributed by atoms with E-state index in [9.17, 15) is 15.3 Å². The van der Waals surface area contributed by atoms with Gasteiger partial charge in [-0.05, 0) is 12.1 Å². The number of aliphatic hydroxyl groups excluding tert-OH is 3. The van der Waals surface area contributed by atoms with E-state index < -0.39 is 31.1 Å². The Bertz CT molecular complexity index is 1050. The van der Waals surface area contributed by atoms with Crippen molar-refractivity contribution in [2.24, 2.45) is 0 Å². The molecule has 4 atom stereocenters. The summed E-state index contributed by atoms with van der Waals surface area (Å²) in [5, 5.41) is 33.8. The number of anilines is 1. The minimum absolute atomic E-state index is 0.241. The largest absolute Gasteiger partial charge is 0.394 e. The summed E-state index contributed by atoms with van der Waals surface area (Å²) in [4.78, 5) is 12.7. The van der Waals surface area contributed by atoms with Crippen molar-refractivity contribution in [2.45, 2.75) is 31.1 Å². The van der Waals surface area contributed by atoms with Gasteiger partial charge in [0.05, 0.1) is 23.0 Å². The van der Waals surface area contributed by atoms with Gasteiger partial charge in [0.1, 0.15) is 24.6 Å². The summed E-state index contributed by atoms with van der Waals surface area (Å²) in [6.07, 6.45) is -1.59. The van der Waals surface area contributed by atoms with Gasteiger partial charge in [0.2, 0.25) is 0 Å². The molecule has 0 saturated carbocycles. The first-order valence-corrected chi connectivity index (χ1v) is 9.72. The molecule has 0 unspecified atom stereocenters. The zero-order valence-electron chi connectivity index (χ0n) is 14.7. The van der Waals surface area contributed by atoms with E-state index in [1.54, 1.807) is 12.1 Å². The van der Waals surface area contributed by atoms with E-state index in [-0.39, 0.29) is 6.54 Å². The van der Waals surface area contributed by atoms with Gasteiger partial charge in [0.15, 0.2) is 23.2 Å². The first-order chi connectivity index (χ1) is 13.9. The minimum Gasteiger partial charge on any atom is -0.394 e. The van der Waals surface area contributed by atoms with Crippen LogP contribution in [0.1, 0.15) is 11.8 Å². The summed E-state index contributed by atoms with van der Waals surface area (Å²) in [6, 6.07) is 3.26. The summed E-state index contributed by atoms with van der Waals surface area (Å²) in [6.45, 7) is -0.185. The molecule has 12 heteroatoms. The summed E-state index contributed by atoms with van der Waals surface area (Å²) in [7, 11) is 0. The average molecular weight is 461 g/mol. The Labute approximate surface area is 179 Å². The summed E-state index contributed by atoms with van der Waals surface area (Å²) in [5.41, 5.74) is 1.40. The van der Waals surface area contributed by atoms with Gasteiger partial charge >= 0.3 is 0 Å². The maximum absolute atomic E-state index is 10.3. The Morgan fingerprint density at radius 3 is 2.55 bits per heavy atom. The van der Waals surface area contributed by atoms with E-state index in [1.165, 1.54) is 17.2 Å². The number of nitrogens with one attached hydrogen (secondary N) is 1.